The topological polar surface area (TPSA) is 193 Å². The van der Waals surface area contributed by atoms with E-state index in [1.54, 1.807) is 25.1 Å². The molecule has 18 nitrogen and oxygen atoms in total. The van der Waals surface area contributed by atoms with Gasteiger partial charge in [0.2, 0.25) is 23.6 Å². The van der Waals surface area contributed by atoms with Crippen LogP contribution in [-0.4, -0.2) is 154 Å². The first-order valence-electron chi connectivity index (χ1n) is 30.1. The molecule has 83 heavy (non-hydrogen) atoms. The number of nitrogens with zero attached hydrogens (tertiary/aromatic N) is 8. The highest BCUT2D eigenvalue weighted by Crippen LogP contribution is 2.53. The van der Waals surface area contributed by atoms with Gasteiger partial charge in [0.05, 0.1) is 40.0 Å². The molecule has 2 spiro atoms. The fraction of sp³-hybridized carbons (Fsp3) is 0.500. The molecule has 0 bridgehead atoms. The maximum atomic E-state index is 16.0. The molecule has 2 aromatic heterocycles. The second kappa shape index (κ2) is 21.0. The number of halogens is 1. The van der Waals surface area contributed by atoms with Crippen molar-refractivity contribution in [3.63, 3.8) is 0 Å². The number of imide groups is 2. The minimum absolute atomic E-state index is 0.0491. The summed E-state index contributed by atoms with van der Waals surface area (Å²) in [5, 5.41) is 9.42. The third-order valence-corrected chi connectivity index (χ3v) is 19.6. The summed E-state index contributed by atoms with van der Waals surface area (Å²) < 4.78 is 18.1. The van der Waals surface area contributed by atoms with Crippen molar-refractivity contribution in [1.82, 2.24) is 39.8 Å². The molecule has 7 amide bonds. The lowest BCUT2D eigenvalue weighted by Crippen LogP contribution is -2.61. The fourth-order valence-electron chi connectivity index (χ4n) is 14.8. The van der Waals surface area contributed by atoms with Crippen LogP contribution >= 0.6 is 0 Å². The Morgan fingerprint density at radius 1 is 0.795 bits per heavy atom. The zero-order chi connectivity index (χ0) is 57.8. The van der Waals surface area contributed by atoms with Crippen LogP contribution in [0, 0.1) is 18.2 Å². The SMILES string of the molecule is Cc1cc(F)c(Nc2nc(-c3ccc4c(c3)N(C3CC(N5CCCCC5)C3)C(=O)C43CCN(C(=O)CN4CCC5(CC4)CN(c4ccc6c(c4)C(=O)N(C4CCC(=O)NC4=O)C6=O)C5)CC3)cc3ccn(C(C)C)c23)cc1C(=O)NC(C)C. The average molecular weight is 1130 g/mol. The standard InChI is InChI=1S/C64H74FN11O7/c1-37(2)66-58(79)46-33-51(49(65)27-39(46)5)68-57-56-41(15-22-74(56)38(3)4)28-50(67-57)40-9-12-48-53(29-40)75(44-30-43(31-44)71-20-7-6-8-21-71)62(83)64(48)18-25-72(26-19-64)55(78)34-70-23-16-63(17-24-70)35-73(36-63)42-10-11-45-47(32-42)61(82)76(60(45)81)52-13-14-54(77)69-59(52)80/h9-12,15,22,27-29,32-33,37-38,43-44,52H,6-8,13-14,16-21,23-26,30-31,34-36H2,1-5H3,(H,66,79)(H,67,68)(H,69,77,80). The molecule has 1 saturated carbocycles. The van der Waals surface area contributed by atoms with E-state index in [1.807, 2.05) is 37.1 Å². The Morgan fingerprint density at radius 3 is 2.24 bits per heavy atom. The van der Waals surface area contributed by atoms with Crippen LogP contribution in [0.5, 0.6) is 0 Å². The molecule has 1 atom stereocenters. The van der Waals surface area contributed by atoms with Crippen molar-refractivity contribution < 1.29 is 38.0 Å². The summed E-state index contributed by atoms with van der Waals surface area (Å²) in [5.41, 5.74) is 5.94. The number of nitrogens with one attached hydrogen (secondary N) is 3. The van der Waals surface area contributed by atoms with Crippen molar-refractivity contribution in [2.75, 3.05) is 74.0 Å². The van der Waals surface area contributed by atoms with Gasteiger partial charge in [-0.05, 0) is 178 Å². The van der Waals surface area contributed by atoms with Crippen LogP contribution in [0.4, 0.5) is 27.3 Å². The fourth-order valence-corrected chi connectivity index (χ4v) is 14.8. The van der Waals surface area contributed by atoms with E-state index in [4.69, 9.17) is 4.98 Å². The van der Waals surface area contributed by atoms with E-state index in [0.29, 0.717) is 61.2 Å². The van der Waals surface area contributed by atoms with Gasteiger partial charge in [0.1, 0.15) is 11.9 Å². The highest BCUT2D eigenvalue weighted by atomic mass is 19.1. The molecular weight excluding hydrogens is 1050 g/mol. The largest absolute Gasteiger partial charge is 0.370 e. The van der Waals surface area contributed by atoms with E-state index >= 15 is 9.18 Å². The zero-order valence-electron chi connectivity index (χ0n) is 48.2. The molecule has 1 unspecified atom stereocenters. The van der Waals surface area contributed by atoms with E-state index in [1.165, 1.54) is 25.3 Å². The number of pyridine rings is 1. The molecule has 5 saturated heterocycles. The lowest BCUT2D eigenvalue weighted by atomic mass is 9.71. The summed E-state index contributed by atoms with van der Waals surface area (Å²) in [7, 11) is 0. The van der Waals surface area contributed by atoms with Gasteiger partial charge in [-0.2, -0.15) is 0 Å². The van der Waals surface area contributed by atoms with Gasteiger partial charge in [0, 0.05) is 96.3 Å². The molecule has 434 valence electrons. The molecule has 9 heterocycles. The normalized spacial score (nSPS) is 23.3. The van der Waals surface area contributed by atoms with Gasteiger partial charge in [0.25, 0.3) is 17.7 Å². The van der Waals surface area contributed by atoms with Crippen molar-refractivity contribution in [2.24, 2.45) is 5.41 Å². The predicted octanol–water partition coefficient (Wildman–Crippen LogP) is 7.84. The Labute approximate surface area is 483 Å². The Morgan fingerprint density at radius 2 is 1.53 bits per heavy atom. The summed E-state index contributed by atoms with van der Waals surface area (Å²) in [6.07, 6.45) is 10.6. The zero-order valence-corrected chi connectivity index (χ0v) is 48.2. The summed E-state index contributed by atoms with van der Waals surface area (Å²) in [6.45, 7) is 16.3. The minimum atomic E-state index is -1.01. The molecule has 6 fully saturated rings. The lowest BCUT2D eigenvalue weighted by Gasteiger charge is -2.55. The molecule has 19 heteroatoms. The number of aryl methyl sites for hydroxylation is 1. The highest BCUT2D eigenvalue weighted by molar-refractivity contribution is 6.24. The number of carbonyl (C=O) groups is 7. The van der Waals surface area contributed by atoms with E-state index in [0.717, 1.165) is 103 Å². The number of aromatic nitrogens is 2. The number of amides is 7. The van der Waals surface area contributed by atoms with E-state index in [-0.39, 0.29) is 70.9 Å². The summed E-state index contributed by atoms with van der Waals surface area (Å²) in [4.78, 5) is 111. The van der Waals surface area contributed by atoms with Gasteiger partial charge in [-0.1, -0.05) is 18.6 Å². The Hall–Kier alpha value is -7.51. The first kappa shape index (κ1) is 54.7. The molecule has 3 N–H and O–H groups in total. The summed E-state index contributed by atoms with van der Waals surface area (Å²) in [6, 6.07) is 18.1. The number of benzene rings is 3. The highest BCUT2D eigenvalue weighted by Gasteiger charge is 2.56. The third kappa shape index (κ3) is 9.55. The summed E-state index contributed by atoms with van der Waals surface area (Å²) >= 11 is 0. The van der Waals surface area contributed by atoms with Crippen molar-refractivity contribution >= 4 is 75.1 Å². The maximum absolute atomic E-state index is 16.0. The molecule has 13 rings (SSSR count). The monoisotopic (exact) mass is 1130 g/mol. The van der Waals surface area contributed by atoms with Gasteiger partial charge in [-0.15, -0.1) is 0 Å². The molecule has 1 aliphatic carbocycles. The predicted molar refractivity (Wildman–Crippen MR) is 313 cm³/mol. The average Bonchev–Trinajstić information content (AvgIpc) is 3.02. The van der Waals surface area contributed by atoms with Crippen LogP contribution in [-0.2, 0) is 24.6 Å². The molecular formula is C64H74FN11O7. The minimum Gasteiger partial charge on any atom is -0.370 e. The van der Waals surface area contributed by atoms with Crippen LogP contribution < -0.4 is 25.8 Å². The number of likely N-dealkylation sites (tertiary alicyclic amines) is 3. The molecule has 5 aromatic rings. The number of carbonyl (C=O) groups excluding carboxylic acids is 7. The van der Waals surface area contributed by atoms with Gasteiger partial charge >= 0.3 is 0 Å². The number of hydrogen-bond acceptors (Lipinski definition) is 12. The van der Waals surface area contributed by atoms with Gasteiger partial charge < -0.3 is 34.8 Å². The number of anilines is 4. The number of hydrogen-bond donors (Lipinski definition) is 3. The lowest BCUT2D eigenvalue weighted by molar-refractivity contribution is -0.137. The Kier molecular flexibility index (Phi) is 13.8. The van der Waals surface area contributed by atoms with Crippen molar-refractivity contribution in [3.8, 4) is 11.3 Å². The molecule has 0 radical (unpaired) electrons. The second-order valence-corrected chi connectivity index (χ2v) is 25.6. The van der Waals surface area contributed by atoms with Crippen molar-refractivity contribution in [1.29, 1.82) is 0 Å². The number of rotatable bonds is 12. The van der Waals surface area contributed by atoms with Crippen molar-refractivity contribution in [3.05, 3.63) is 100 Å². The van der Waals surface area contributed by atoms with Crippen LogP contribution in [0.15, 0.2) is 66.9 Å². The van der Waals surface area contributed by atoms with E-state index in [9.17, 15) is 28.8 Å². The maximum Gasteiger partial charge on any atom is 0.262 e. The molecule has 8 aliphatic rings. The van der Waals surface area contributed by atoms with Crippen LogP contribution in [0.3, 0.4) is 0 Å². The first-order chi connectivity index (χ1) is 39.9. The first-order valence-corrected chi connectivity index (χ1v) is 30.1. The quantitative estimate of drug-likeness (QED) is 0.103. The Bertz CT molecular complexity index is 3520. The Balaban J connectivity index is 0.699. The summed E-state index contributed by atoms with van der Waals surface area (Å²) in [5.74, 6) is -2.20. The van der Waals surface area contributed by atoms with Crippen LogP contribution in [0.2, 0.25) is 0 Å². The van der Waals surface area contributed by atoms with Gasteiger partial charge in [-0.3, -0.25) is 48.7 Å². The van der Waals surface area contributed by atoms with Crippen molar-refractivity contribution in [2.45, 2.75) is 141 Å². The third-order valence-electron chi connectivity index (χ3n) is 19.6. The van der Waals surface area contributed by atoms with E-state index in [2.05, 4.69) is 78.2 Å². The number of fused-ring (bicyclic) bond motifs is 4. The van der Waals surface area contributed by atoms with Gasteiger partial charge in [0.15, 0.2) is 5.82 Å². The number of piperidine rings is 4. The molecule has 3 aromatic carbocycles. The van der Waals surface area contributed by atoms with Gasteiger partial charge in [-0.25, -0.2) is 9.37 Å². The van der Waals surface area contributed by atoms with Crippen LogP contribution in [0.1, 0.15) is 147 Å². The smallest absolute Gasteiger partial charge is 0.262 e. The van der Waals surface area contributed by atoms with E-state index < -0.39 is 40.9 Å². The molecule has 7 aliphatic heterocycles. The van der Waals surface area contributed by atoms with Crippen LogP contribution in [0.25, 0.3) is 22.2 Å². The second-order valence-electron chi connectivity index (χ2n) is 25.6.